The Morgan fingerprint density at radius 3 is 2.61 bits per heavy atom. The molecule has 2 aromatic heterocycles. The highest BCUT2D eigenvalue weighted by atomic mass is 32.2. The van der Waals surface area contributed by atoms with E-state index < -0.39 is 0 Å². The minimum Gasteiger partial charge on any atom is -0.495 e. The zero-order chi connectivity index (χ0) is 19.7. The van der Waals surface area contributed by atoms with E-state index in [9.17, 15) is 9.59 Å². The molecule has 2 aromatic carbocycles. The molecule has 142 valence electrons. The Morgan fingerprint density at radius 2 is 1.82 bits per heavy atom. The number of nitrogens with zero attached hydrogens (tertiary/aromatic N) is 4. The number of carbonyl (C=O) groups excluding carboxylic acids is 1. The number of fused-ring (bicyclic) bond motifs is 3. The third-order valence-electron chi connectivity index (χ3n) is 4.27. The second kappa shape index (κ2) is 7.35. The fraction of sp³-hybridized carbons (Fsp3) is 0.158. The normalized spacial score (nSPS) is 11.1. The minimum atomic E-state index is -0.371. The first-order chi connectivity index (χ1) is 13.7. The Hall–Kier alpha value is -3.33. The van der Waals surface area contributed by atoms with Gasteiger partial charge >= 0.3 is 5.97 Å². The first-order valence-corrected chi connectivity index (χ1v) is 9.36. The molecule has 0 fully saturated rings. The van der Waals surface area contributed by atoms with Gasteiger partial charge in [0.25, 0.3) is 5.56 Å². The number of rotatable bonds is 5. The number of benzene rings is 2. The zero-order valence-electron chi connectivity index (χ0n) is 15.2. The topological polar surface area (TPSA) is 87.7 Å². The van der Waals surface area contributed by atoms with Gasteiger partial charge in [0.1, 0.15) is 5.75 Å². The van der Waals surface area contributed by atoms with E-state index in [0.717, 1.165) is 0 Å². The average Bonchev–Trinajstić information content (AvgIpc) is 3.16. The molecule has 0 radical (unpaired) electrons. The van der Waals surface area contributed by atoms with E-state index in [1.807, 2.05) is 24.3 Å². The van der Waals surface area contributed by atoms with E-state index in [2.05, 4.69) is 10.2 Å². The Balaban J connectivity index is 2.05. The maximum absolute atomic E-state index is 13.3. The van der Waals surface area contributed by atoms with Crippen LogP contribution in [0.5, 0.6) is 5.75 Å². The predicted molar refractivity (Wildman–Crippen MR) is 105 cm³/mol. The van der Waals surface area contributed by atoms with Crippen LogP contribution in [0.3, 0.4) is 0 Å². The summed E-state index contributed by atoms with van der Waals surface area (Å²) in [5.74, 6) is 0.581. The smallest absolute Gasteiger partial charge is 0.316 e. The van der Waals surface area contributed by atoms with Crippen molar-refractivity contribution in [1.29, 1.82) is 0 Å². The van der Waals surface area contributed by atoms with Crippen molar-refractivity contribution in [3.8, 4) is 11.4 Å². The largest absolute Gasteiger partial charge is 0.495 e. The monoisotopic (exact) mass is 396 g/mol. The Labute approximate surface area is 163 Å². The summed E-state index contributed by atoms with van der Waals surface area (Å²) in [6.07, 6.45) is 0. The van der Waals surface area contributed by atoms with Crippen LogP contribution in [-0.4, -0.2) is 45.1 Å². The fourth-order valence-electron chi connectivity index (χ4n) is 2.99. The van der Waals surface area contributed by atoms with Gasteiger partial charge in [0.2, 0.25) is 5.78 Å². The summed E-state index contributed by atoms with van der Waals surface area (Å²) in [6.45, 7) is 0. The summed E-state index contributed by atoms with van der Waals surface area (Å²) < 4.78 is 13.4. The van der Waals surface area contributed by atoms with Crippen LogP contribution >= 0.6 is 11.8 Å². The number of para-hydroxylation sites is 3. The van der Waals surface area contributed by atoms with Crippen molar-refractivity contribution in [1.82, 2.24) is 19.2 Å². The molecule has 28 heavy (non-hydrogen) atoms. The second-order valence-electron chi connectivity index (χ2n) is 5.81. The van der Waals surface area contributed by atoms with Crippen LogP contribution < -0.4 is 10.3 Å². The van der Waals surface area contributed by atoms with Gasteiger partial charge in [-0.05, 0) is 24.3 Å². The van der Waals surface area contributed by atoms with Crippen LogP contribution in [0.2, 0.25) is 0 Å². The molecule has 9 heteroatoms. The van der Waals surface area contributed by atoms with Gasteiger partial charge in [-0.1, -0.05) is 36.0 Å². The summed E-state index contributed by atoms with van der Waals surface area (Å²) in [5.41, 5.74) is 0.984. The summed E-state index contributed by atoms with van der Waals surface area (Å²) in [5, 5.41) is 9.42. The molecule has 0 unspecified atom stereocenters. The lowest BCUT2D eigenvalue weighted by Crippen LogP contribution is -2.22. The van der Waals surface area contributed by atoms with Crippen LogP contribution in [0.1, 0.15) is 0 Å². The minimum absolute atomic E-state index is 0.0827. The van der Waals surface area contributed by atoms with Gasteiger partial charge in [0.05, 0.1) is 36.6 Å². The lowest BCUT2D eigenvalue weighted by molar-refractivity contribution is -0.137. The Kier molecular flexibility index (Phi) is 4.74. The molecule has 0 saturated heterocycles. The van der Waals surface area contributed by atoms with E-state index in [1.165, 1.54) is 23.4 Å². The van der Waals surface area contributed by atoms with Crippen molar-refractivity contribution >= 4 is 34.4 Å². The van der Waals surface area contributed by atoms with Crippen molar-refractivity contribution in [2.75, 3.05) is 20.0 Å². The molecule has 0 N–H and O–H groups in total. The standard InChI is InChI=1S/C19H16N4O4S/c1-26-15-10-6-5-9-14(15)22-17(25)12-7-3-4-8-13(12)23-18(22)20-21-19(23)28-11-16(24)27-2/h3-10H,11H2,1-2H3. The molecule has 4 aromatic rings. The molecule has 8 nitrogen and oxygen atoms in total. The number of thioether (sulfide) groups is 1. The summed E-state index contributed by atoms with van der Waals surface area (Å²) in [4.78, 5) is 24.8. The summed E-state index contributed by atoms with van der Waals surface area (Å²) >= 11 is 1.19. The third kappa shape index (κ3) is 2.89. The van der Waals surface area contributed by atoms with Crippen molar-refractivity contribution in [3.05, 3.63) is 58.9 Å². The Bertz CT molecular complexity index is 1250. The molecule has 2 heterocycles. The van der Waals surface area contributed by atoms with Crippen LogP contribution in [0.4, 0.5) is 0 Å². The van der Waals surface area contributed by atoms with Crippen LogP contribution in [-0.2, 0) is 9.53 Å². The first kappa shape index (κ1) is 18.1. The quantitative estimate of drug-likeness (QED) is 0.378. The lowest BCUT2D eigenvalue weighted by atomic mass is 10.2. The van der Waals surface area contributed by atoms with E-state index in [-0.39, 0.29) is 17.3 Å². The summed E-state index contributed by atoms with van der Waals surface area (Å²) in [6, 6.07) is 14.4. The van der Waals surface area contributed by atoms with Crippen molar-refractivity contribution in [2.45, 2.75) is 5.16 Å². The van der Waals surface area contributed by atoms with Gasteiger partial charge in [-0.3, -0.25) is 14.0 Å². The van der Waals surface area contributed by atoms with Crippen LogP contribution in [0, 0.1) is 0 Å². The maximum atomic E-state index is 13.3. The SMILES string of the molecule is COC(=O)CSc1nnc2n(-c3ccccc3OC)c(=O)c3ccccc3n12. The number of carbonyl (C=O) groups is 1. The molecule has 0 aliphatic carbocycles. The van der Waals surface area contributed by atoms with E-state index >= 15 is 0 Å². The molecule has 0 spiro atoms. The molecule has 0 bridgehead atoms. The molecular formula is C19H16N4O4S. The number of hydrogen-bond acceptors (Lipinski definition) is 7. The van der Waals surface area contributed by atoms with Crippen molar-refractivity contribution in [3.63, 3.8) is 0 Å². The van der Waals surface area contributed by atoms with Gasteiger partial charge in [0.15, 0.2) is 5.16 Å². The van der Waals surface area contributed by atoms with Gasteiger partial charge in [-0.25, -0.2) is 4.57 Å². The highest BCUT2D eigenvalue weighted by Crippen LogP contribution is 2.26. The number of aromatic nitrogens is 4. The molecule has 4 rings (SSSR count). The van der Waals surface area contributed by atoms with Gasteiger partial charge < -0.3 is 9.47 Å². The third-order valence-corrected chi connectivity index (χ3v) is 5.17. The average molecular weight is 396 g/mol. The molecule has 0 atom stereocenters. The number of hydrogen-bond donors (Lipinski definition) is 0. The Morgan fingerprint density at radius 1 is 1.07 bits per heavy atom. The number of ether oxygens (including phenoxy) is 2. The first-order valence-electron chi connectivity index (χ1n) is 8.37. The fourth-order valence-corrected chi connectivity index (χ4v) is 3.76. The molecular weight excluding hydrogens is 380 g/mol. The van der Waals surface area contributed by atoms with Crippen molar-refractivity contribution < 1.29 is 14.3 Å². The maximum Gasteiger partial charge on any atom is 0.316 e. The molecule has 0 aliphatic rings. The highest BCUT2D eigenvalue weighted by Gasteiger charge is 2.20. The molecule has 0 saturated carbocycles. The second-order valence-corrected chi connectivity index (χ2v) is 6.75. The van der Waals surface area contributed by atoms with Gasteiger partial charge in [-0.15, -0.1) is 10.2 Å². The zero-order valence-corrected chi connectivity index (χ0v) is 16.0. The van der Waals surface area contributed by atoms with Gasteiger partial charge in [-0.2, -0.15) is 0 Å². The number of esters is 1. The molecule has 0 aliphatic heterocycles. The molecule has 0 amide bonds. The van der Waals surface area contributed by atoms with Crippen molar-refractivity contribution in [2.24, 2.45) is 0 Å². The van der Waals surface area contributed by atoms with E-state index in [0.29, 0.717) is 33.3 Å². The van der Waals surface area contributed by atoms with Crippen LogP contribution in [0.25, 0.3) is 22.4 Å². The van der Waals surface area contributed by atoms with E-state index in [1.54, 1.807) is 35.8 Å². The van der Waals surface area contributed by atoms with Crippen LogP contribution in [0.15, 0.2) is 58.5 Å². The highest BCUT2D eigenvalue weighted by molar-refractivity contribution is 7.99. The van der Waals surface area contributed by atoms with Gasteiger partial charge in [0, 0.05) is 0 Å². The summed E-state index contributed by atoms with van der Waals surface area (Å²) in [7, 11) is 2.88. The van der Waals surface area contributed by atoms with E-state index in [4.69, 9.17) is 9.47 Å². The number of methoxy groups -OCH3 is 2. The predicted octanol–water partition coefficient (Wildman–Crippen LogP) is 2.31. The lowest BCUT2D eigenvalue weighted by Gasteiger charge is -2.13.